The van der Waals surface area contributed by atoms with Crippen molar-refractivity contribution in [1.82, 2.24) is 20.5 Å². The summed E-state index contributed by atoms with van der Waals surface area (Å²) in [4.78, 5) is 28.7. The number of rotatable bonds is 6. The molecule has 2 aromatic heterocycles. The predicted molar refractivity (Wildman–Crippen MR) is 132 cm³/mol. The minimum absolute atomic E-state index is 0.0735. The van der Waals surface area contributed by atoms with Gasteiger partial charge in [-0.05, 0) is 62.6 Å². The Hall–Kier alpha value is -3.52. The topological polar surface area (TPSA) is 97.0 Å². The third-order valence-electron chi connectivity index (χ3n) is 6.25. The van der Waals surface area contributed by atoms with Crippen LogP contribution in [0.1, 0.15) is 58.2 Å². The molecule has 8 heteroatoms. The van der Waals surface area contributed by atoms with Gasteiger partial charge in [-0.15, -0.1) is 0 Å². The van der Waals surface area contributed by atoms with E-state index in [4.69, 9.17) is 4.74 Å². The van der Waals surface area contributed by atoms with Crippen molar-refractivity contribution in [2.24, 2.45) is 0 Å². The first-order chi connectivity index (χ1) is 16.5. The Morgan fingerprint density at radius 2 is 2.00 bits per heavy atom. The molecule has 0 saturated heterocycles. The van der Waals surface area contributed by atoms with Crippen LogP contribution in [0, 0.1) is 6.92 Å². The van der Waals surface area contributed by atoms with Crippen LogP contribution in [0.15, 0.2) is 59.4 Å². The highest BCUT2D eigenvalue weighted by Crippen LogP contribution is 2.33. The zero-order chi connectivity index (χ0) is 23.5. The van der Waals surface area contributed by atoms with Gasteiger partial charge in [0.2, 0.25) is 0 Å². The number of amides is 1. The van der Waals surface area contributed by atoms with Gasteiger partial charge in [0.05, 0.1) is 5.52 Å². The first-order valence-corrected chi connectivity index (χ1v) is 12.3. The highest BCUT2D eigenvalue weighted by molar-refractivity contribution is 7.08. The fourth-order valence-electron chi connectivity index (χ4n) is 4.61. The number of hydrogen-bond donors (Lipinski definition) is 2. The lowest BCUT2D eigenvalue weighted by Crippen LogP contribution is -2.37. The molecule has 2 unspecified atom stereocenters. The van der Waals surface area contributed by atoms with Gasteiger partial charge in [-0.3, -0.25) is 14.6 Å². The van der Waals surface area contributed by atoms with Crippen molar-refractivity contribution in [3.8, 4) is 5.75 Å². The highest BCUT2D eigenvalue weighted by Gasteiger charge is 2.27. The lowest BCUT2D eigenvalue weighted by Gasteiger charge is -2.28. The smallest absolute Gasteiger partial charge is 0.322 e. The molecular weight excluding hydrogens is 448 g/mol. The Labute approximate surface area is 201 Å². The fraction of sp³-hybridized carbons (Fsp3) is 0.308. The number of fused-ring (bicyclic) bond motifs is 1. The van der Waals surface area contributed by atoms with Gasteiger partial charge in [0, 0.05) is 34.2 Å². The minimum atomic E-state index is -0.129. The number of para-hydroxylation sites is 1. The molecular formula is C26H26N4O3S. The number of aromatic amines is 1. The molecule has 2 aromatic carbocycles. The molecule has 174 valence electrons. The summed E-state index contributed by atoms with van der Waals surface area (Å²) in [6.07, 6.45) is 3.72. The van der Waals surface area contributed by atoms with Gasteiger partial charge < -0.3 is 10.1 Å². The lowest BCUT2D eigenvalue weighted by molar-refractivity contribution is 0.0925. The number of nitrogens with zero attached hydrogens (tertiary/aromatic N) is 2. The van der Waals surface area contributed by atoms with Gasteiger partial charge in [0.1, 0.15) is 17.4 Å². The highest BCUT2D eigenvalue weighted by atomic mass is 32.1. The van der Waals surface area contributed by atoms with Crippen LogP contribution in [-0.2, 0) is 6.61 Å². The monoisotopic (exact) mass is 474 g/mol. The molecule has 0 aliphatic heterocycles. The molecule has 0 spiro atoms. The summed E-state index contributed by atoms with van der Waals surface area (Å²) in [6, 6.07) is 17.4. The van der Waals surface area contributed by atoms with Gasteiger partial charge in [-0.2, -0.15) is 5.10 Å². The van der Waals surface area contributed by atoms with Crippen molar-refractivity contribution >= 4 is 28.1 Å². The van der Waals surface area contributed by atoms with Crippen molar-refractivity contribution < 1.29 is 9.53 Å². The SMILES string of the molecule is Cc1cc(COc2ccc(C(=O)NC3CCCC(c4n[nH]c(=O)s4)C3)cc2)c2ccccc2n1. The number of benzene rings is 2. The molecule has 2 atom stereocenters. The van der Waals surface area contributed by atoms with E-state index in [0.717, 1.165) is 52.9 Å². The lowest BCUT2D eigenvalue weighted by atomic mass is 9.86. The molecule has 1 saturated carbocycles. The number of carbonyl (C=O) groups excluding carboxylic acids is 1. The molecule has 5 rings (SSSR count). The molecule has 0 radical (unpaired) electrons. The number of pyridine rings is 1. The quantitative estimate of drug-likeness (QED) is 0.421. The molecule has 0 bridgehead atoms. The second kappa shape index (κ2) is 9.77. The summed E-state index contributed by atoms with van der Waals surface area (Å²) in [5.41, 5.74) is 3.60. The average Bonchev–Trinajstić information content (AvgIpc) is 3.29. The maximum Gasteiger partial charge on any atom is 0.322 e. The van der Waals surface area contributed by atoms with Crippen LogP contribution in [0.25, 0.3) is 10.9 Å². The van der Waals surface area contributed by atoms with Crippen LogP contribution in [0.5, 0.6) is 5.75 Å². The van der Waals surface area contributed by atoms with E-state index >= 15 is 0 Å². The Kier molecular flexibility index (Phi) is 6.40. The molecule has 4 aromatic rings. The molecule has 2 heterocycles. The van der Waals surface area contributed by atoms with Crippen LogP contribution in [0.4, 0.5) is 0 Å². The summed E-state index contributed by atoms with van der Waals surface area (Å²) in [5, 5.41) is 11.7. The molecule has 2 N–H and O–H groups in total. The fourth-order valence-corrected chi connectivity index (χ4v) is 5.36. The molecule has 1 aliphatic carbocycles. The molecule has 1 aliphatic rings. The van der Waals surface area contributed by atoms with E-state index < -0.39 is 0 Å². The predicted octanol–water partition coefficient (Wildman–Crippen LogP) is 4.72. The number of H-pyrrole nitrogens is 1. The summed E-state index contributed by atoms with van der Waals surface area (Å²) >= 11 is 1.17. The van der Waals surface area contributed by atoms with E-state index in [9.17, 15) is 9.59 Å². The van der Waals surface area contributed by atoms with Gasteiger partial charge in [-0.1, -0.05) is 36.0 Å². The van der Waals surface area contributed by atoms with Gasteiger partial charge in [-0.25, -0.2) is 5.10 Å². The Morgan fingerprint density at radius 1 is 1.18 bits per heavy atom. The van der Waals surface area contributed by atoms with Crippen molar-refractivity contribution in [1.29, 1.82) is 0 Å². The van der Waals surface area contributed by atoms with Crippen molar-refractivity contribution in [2.45, 2.75) is 51.2 Å². The largest absolute Gasteiger partial charge is 0.489 e. The number of ether oxygens (including phenoxy) is 1. The first-order valence-electron chi connectivity index (χ1n) is 11.5. The maximum atomic E-state index is 12.8. The summed E-state index contributed by atoms with van der Waals surface area (Å²) < 4.78 is 6.01. The van der Waals surface area contributed by atoms with Gasteiger partial charge in [0.15, 0.2) is 0 Å². The van der Waals surface area contributed by atoms with E-state index in [-0.39, 0.29) is 22.7 Å². The van der Waals surface area contributed by atoms with Crippen LogP contribution in [-0.4, -0.2) is 27.1 Å². The standard InChI is InChI=1S/C26H26N4O3S/c1-16-13-19(22-7-2-3-8-23(22)27-16)15-33-21-11-9-17(10-12-21)24(31)28-20-6-4-5-18(14-20)25-29-30-26(32)34-25/h2-3,7-13,18,20H,4-6,14-15H2,1H3,(H,28,31)(H,30,32). The molecule has 1 fully saturated rings. The zero-order valence-electron chi connectivity index (χ0n) is 18.9. The zero-order valence-corrected chi connectivity index (χ0v) is 19.7. The molecule has 34 heavy (non-hydrogen) atoms. The van der Waals surface area contributed by atoms with E-state index in [1.165, 1.54) is 11.3 Å². The van der Waals surface area contributed by atoms with Crippen LogP contribution < -0.4 is 14.9 Å². The van der Waals surface area contributed by atoms with E-state index in [1.54, 1.807) is 12.1 Å². The van der Waals surface area contributed by atoms with Crippen LogP contribution in [0.2, 0.25) is 0 Å². The first kappa shape index (κ1) is 22.3. The molecule has 1 amide bonds. The van der Waals surface area contributed by atoms with Crippen molar-refractivity contribution in [2.75, 3.05) is 0 Å². The number of nitrogens with one attached hydrogen (secondary N) is 2. The van der Waals surface area contributed by atoms with Crippen molar-refractivity contribution in [3.05, 3.63) is 86.1 Å². The normalized spacial score (nSPS) is 18.0. The summed E-state index contributed by atoms with van der Waals surface area (Å²) in [7, 11) is 0. The van der Waals surface area contributed by atoms with Crippen LogP contribution in [0.3, 0.4) is 0 Å². The van der Waals surface area contributed by atoms with E-state index in [0.29, 0.717) is 17.9 Å². The molecule has 7 nitrogen and oxygen atoms in total. The van der Waals surface area contributed by atoms with Gasteiger partial charge in [0.25, 0.3) is 5.91 Å². The third-order valence-corrected chi connectivity index (χ3v) is 7.16. The minimum Gasteiger partial charge on any atom is -0.489 e. The number of aromatic nitrogens is 3. The second-order valence-corrected chi connectivity index (χ2v) is 9.73. The summed E-state index contributed by atoms with van der Waals surface area (Å²) in [5.74, 6) is 0.830. The maximum absolute atomic E-state index is 12.8. The number of carbonyl (C=O) groups is 1. The Bertz CT molecular complexity index is 1360. The van der Waals surface area contributed by atoms with Gasteiger partial charge >= 0.3 is 4.87 Å². The van der Waals surface area contributed by atoms with Crippen molar-refractivity contribution in [3.63, 3.8) is 0 Å². The van der Waals surface area contributed by atoms with Crippen LogP contribution >= 0.6 is 11.3 Å². The summed E-state index contributed by atoms with van der Waals surface area (Å²) in [6.45, 7) is 2.41. The average molecular weight is 475 g/mol. The number of aryl methyl sites for hydroxylation is 1. The third kappa shape index (κ3) is 5.02. The Morgan fingerprint density at radius 3 is 2.79 bits per heavy atom. The van der Waals surface area contributed by atoms with E-state index in [1.807, 2.05) is 43.3 Å². The second-order valence-electron chi connectivity index (χ2n) is 8.74. The van der Waals surface area contributed by atoms with E-state index in [2.05, 4.69) is 26.6 Å². The number of hydrogen-bond acceptors (Lipinski definition) is 6. The Balaban J connectivity index is 1.20.